The number of carboxylic acids is 1. The van der Waals surface area contributed by atoms with Crippen LogP contribution in [0.15, 0.2) is 0 Å². The van der Waals surface area contributed by atoms with E-state index in [1.807, 2.05) is 6.92 Å². The summed E-state index contributed by atoms with van der Waals surface area (Å²) in [6.07, 6.45) is 1.65. The van der Waals surface area contributed by atoms with Gasteiger partial charge in [-0.05, 0) is 19.8 Å². The molecule has 0 spiro atoms. The minimum absolute atomic E-state index is 0.0645. The number of aliphatic carboxylic acids is 1. The summed E-state index contributed by atoms with van der Waals surface area (Å²) < 4.78 is 5.40. The maximum atomic E-state index is 12.5. The molecule has 1 aliphatic heterocycles. The van der Waals surface area contributed by atoms with E-state index in [2.05, 4.69) is 0 Å². The van der Waals surface area contributed by atoms with Gasteiger partial charge in [0.05, 0.1) is 37.2 Å². The van der Waals surface area contributed by atoms with Gasteiger partial charge in [0, 0.05) is 6.54 Å². The second kappa shape index (κ2) is 5.88. The highest BCUT2D eigenvalue weighted by molar-refractivity contribution is 5.85. The molecule has 2 rings (SSSR count). The Balaban J connectivity index is 2.07. The van der Waals surface area contributed by atoms with Gasteiger partial charge in [-0.1, -0.05) is 6.42 Å². The van der Waals surface area contributed by atoms with Crippen molar-refractivity contribution in [2.24, 2.45) is 11.8 Å². The van der Waals surface area contributed by atoms with E-state index in [-0.39, 0.29) is 24.7 Å². The molecule has 2 fully saturated rings. The Hall–Kier alpha value is -1.14. The van der Waals surface area contributed by atoms with Crippen LogP contribution in [-0.4, -0.2) is 58.9 Å². The fourth-order valence-electron chi connectivity index (χ4n) is 3.00. The summed E-state index contributed by atoms with van der Waals surface area (Å²) in [5.74, 6) is -1.96. The molecular weight excluding hydrogens is 250 g/mol. The third kappa shape index (κ3) is 2.90. The molecule has 1 saturated carbocycles. The summed E-state index contributed by atoms with van der Waals surface area (Å²) in [6, 6.07) is -0.0645. The normalized spacial score (nSPS) is 35.4. The quantitative estimate of drug-likeness (QED) is 0.760. The van der Waals surface area contributed by atoms with Crippen molar-refractivity contribution < 1.29 is 24.5 Å². The summed E-state index contributed by atoms with van der Waals surface area (Å²) in [5, 5.41) is 18.3. The van der Waals surface area contributed by atoms with Crippen molar-refractivity contribution in [1.29, 1.82) is 0 Å². The number of hydrogen-bond acceptors (Lipinski definition) is 4. The Kier molecular flexibility index (Phi) is 4.42. The molecule has 4 unspecified atom stereocenters. The molecule has 108 valence electrons. The van der Waals surface area contributed by atoms with Crippen molar-refractivity contribution in [3.05, 3.63) is 0 Å². The molecule has 2 N–H and O–H groups in total. The lowest BCUT2D eigenvalue weighted by Crippen LogP contribution is -2.54. The summed E-state index contributed by atoms with van der Waals surface area (Å²) in [7, 11) is 0. The van der Waals surface area contributed by atoms with E-state index in [0.717, 1.165) is 6.42 Å². The second-order valence-corrected chi connectivity index (χ2v) is 5.46. The number of carbonyl (C=O) groups is 2. The number of morpholine rings is 1. The Morgan fingerprint density at radius 2 is 2.00 bits per heavy atom. The number of amides is 1. The third-order valence-corrected chi connectivity index (χ3v) is 4.14. The minimum Gasteiger partial charge on any atom is -0.481 e. The molecule has 0 aromatic carbocycles. The predicted octanol–water partition coefficient (Wildman–Crippen LogP) is 0.0955. The van der Waals surface area contributed by atoms with Crippen LogP contribution < -0.4 is 0 Å². The van der Waals surface area contributed by atoms with E-state index in [0.29, 0.717) is 26.0 Å². The van der Waals surface area contributed by atoms with Crippen molar-refractivity contribution in [2.45, 2.75) is 38.3 Å². The van der Waals surface area contributed by atoms with Crippen molar-refractivity contribution in [3.8, 4) is 0 Å². The minimum atomic E-state index is -0.879. The molecule has 0 aromatic rings. The van der Waals surface area contributed by atoms with Crippen LogP contribution in [0.1, 0.15) is 26.2 Å². The van der Waals surface area contributed by atoms with E-state index >= 15 is 0 Å². The first-order chi connectivity index (χ1) is 9.04. The smallest absolute Gasteiger partial charge is 0.307 e. The number of hydrogen-bond donors (Lipinski definition) is 2. The van der Waals surface area contributed by atoms with Crippen molar-refractivity contribution in [2.75, 3.05) is 19.8 Å². The Morgan fingerprint density at radius 1 is 1.32 bits per heavy atom. The fourth-order valence-corrected chi connectivity index (χ4v) is 3.00. The van der Waals surface area contributed by atoms with E-state index in [9.17, 15) is 9.59 Å². The number of rotatable bonds is 3. The molecule has 0 aromatic heterocycles. The molecule has 2 aliphatic rings. The number of ether oxygens (including phenoxy) is 1. The fraction of sp³-hybridized carbons (Fsp3) is 0.846. The van der Waals surface area contributed by atoms with E-state index in [4.69, 9.17) is 14.9 Å². The van der Waals surface area contributed by atoms with Crippen LogP contribution in [0.3, 0.4) is 0 Å². The highest BCUT2D eigenvalue weighted by Gasteiger charge is 2.42. The van der Waals surface area contributed by atoms with Gasteiger partial charge in [-0.25, -0.2) is 0 Å². The maximum Gasteiger partial charge on any atom is 0.307 e. The van der Waals surface area contributed by atoms with Gasteiger partial charge in [0.25, 0.3) is 0 Å². The van der Waals surface area contributed by atoms with Gasteiger partial charge < -0.3 is 19.8 Å². The molecular formula is C13H21NO5. The SMILES string of the molecule is CC1COC(CO)CN1C(=O)C1CCCC1C(=O)O. The first kappa shape index (κ1) is 14.3. The lowest BCUT2D eigenvalue weighted by atomic mass is 9.94. The van der Waals surface area contributed by atoms with Crippen LogP contribution in [0.5, 0.6) is 0 Å². The van der Waals surface area contributed by atoms with Crippen molar-refractivity contribution in [3.63, 3.8) is 0 Å². The maximum absolute atomic E-state index is 12.5. The lowest BCUT2D eigenvalue weighted by Gasteiger charge is -2.39. The Labute approximate surface area is 112 Å². The predicted molar refractivity (Wildman–Crippen MR) is 66.5 cm³/mol. The summed E-state index contributed by atoms with van der Waals surface area (Å²) in [5.41, 5.74) is 0. The number of carboxylic acid groups (broad SMARTS) is 1. The van der Waals surface area contributed by atoms with Gasteiger partial charge in [0.15, 0.2) is 0 Å². The zero-order valence-electron chi connectivity index (χ0n) is 11.1. The zero-order valence-corrected chi connectivity index (χ0v) is 11.1. The van der Waals surface area contributed by atoms with Crippen molar-refractivity contribution >= 4 is 11.9 Å². The van der Waals surface area contributed by atoms with Crippen LogP contribution in [0, 0.1) is 11.8 Å². The van der Waals surface area contributed by atoms with E-state index in [1.54, 1.807) is 4.90 Å². The van der Waals surface area contributed by atoms with Gasteiger partial charge in [-0.15, -0.1) is 0 Å². The summed E-state index contributed by atoms with van der Waals surface area (Å²) in [4.78, 5) is 25.4. The average Bonchev–Trinajstić information content (AvgIpc) is 2.88. The molecule has 0 radical (unpaired) electrons. The van der Waals surface area contributed by atoms with Crippen molar-refractivity contribution in [1.82, 2.24) is 4.90 Å². The number of aliphatic hydroxyl groups excluding tert-OH is 1. The third-order valence-electron chi connectivity index (χ3n) is 4.14. The first-order valence-electron chi connectivity index (χ1n) is 6.80. The highest BCUT2D eigenvalue weighted by atomic mass is 16.5. The van der Waals surface area contributed by atoms with Crippen LogP contribution in [0.4, 0.5) is 0 Å². The number of aliphatic hydroxyl groups is 1. The van der Waals surface area contributed by atoms with Crippen LogP contribution in [-0.2, 0) is 14.3 Å². The van der Waals surface area contributed by atoms with Crippen LogP contribution >= 0.6 is 0 Å². The topological polar surface area (TPSA) is 87.1 Å². The van der Waals surface area contributed by atoms with E-state index < -0.39 is 17.8 Å². The molecule has 1 aliphatic carbocycles. The molecule has 6 nitrogen and oxygen atoms in total. The summed E-state index contributed by atoms with van der Waals surface area (Å²) in [6.45, 7) is 2.50. The van der Waals surface area contributed by atoms with E-state index in [1.165, 1.54) is 0 Å². The lowest BCUT2D eigenvalue weighted by molar-refractivity contribution is -0.156. The number of carbonyl (C=O) groups excluding carboxylic acids is 1. The van der Waals surface area contributed by atoms with Gasteiger partial charge in [-0.2, -0.15) is 0 Å². The second-order valence-electron chi connectivity index (χ2n) is 5.46. The van der Waals surface area contributed by atoms with Crippen LogP contribution in [0.25, 0.3) is 0 Å². The van der Waals surface area contributed by atoms with Gasteiger partial charge in [0.1, 0.15) is 0 Å². The van der Waals surface area contributed by atoms with Gasteiger partial charge >= 0.3 is 5.97 Å². The Morgan fingerprint density at radius 3 is 2.63 bits per heavy atom. The standard InChI is InChI=1S/C13H21NO5/c1-8-7-19-9(6-15)5-14(8)12(16)10-3-2-4-11(10)13(17)18/h8-11,15H,2-7H2,1H3,(H,17,18). The Bertz CT molecular complexity index is 359. The summed E-state index contributed by atoms with van der Waals surface area (Å²) >= 11 is 0. The monoisotopic (exact) mass is 271 g/mol. The molecule has 1 saturated heterocycles. The molecule has 0 bridgehead atoms. The molecule has 4 atom stereocenters. The molecule has 1 amide bonds. The van der Waals surface area contributed by atoms with Crippen LogP contribution in [0.2, 0.25) is 0 Å². The van der Waals surface area contributed by atoms with Gasteiger partial charge in [-0.3, -0.25) is 9.59 Å². The van der Waals surface area contributed by atoms with Gasteiger partial charge in [0.2, 0.25) is 5.91 Å². The number of nitrogens with zero attached hydrogens (tertiary/aromatic N) is 1. The molecule has 19 heavy (non-hydrogen) atoms. The largest absolute Gasteiger partial charge is 0.481 e. The highest BCUT2D eigenvalue weighted by Crippen LogP contribution is 2.34. The average molecular weight is 271 g/mol. The zero-order chi connectivity index (χ0) is 14.0. The molecule has 1 heterocycles. The first-order valence-corrected chi connectivity index (χ1v) is 6.80. The molecule has 6 heteroatoms.